The van der Waals surface area contributed by atoms with Crippen molar-refractivity contribution in [2.75, 3.05) is 32.0 Å². The minimum absolute atomic E-state index is 0.0788. The smallest absolute Gasteiger partial charge is 0.289 e. The number of carbonyl (C=O) groups is 3. The number of anilines is 1. The number of likely N-dealkylation sites (N-methyl/N-ethyl adjacent to an activating group) is 1. The highest BCUT2D eigenvalue weighted by Gasteiger charge is 2.30. The molecule has 7 nitrogen and oxygen atoms in total. The third-order valence-corrected chi connectivity index (χ3v) is 5.56. The summed E-state index contributed by atoms with van der Waals surface area (Å²) in [6.45, 7) is 0.864. The summed E-state index contributed by atoms with van der Waals surface area (Å²) in [7, 11) is 1.59. The number of furan rings is 1. The molecule has 2 aromatic rings. The van der Waals surface area contributed by atoms with Gasteiger partial charge in [-0.3, -0.25) is 14.4 Å². The number of hydrogen-bond donors (Lipinski definition) is 1. The van der Waals surface area contributed by atoms with Gasteiger partial charge in [-0.2, -0.15) is 0 Å². The van der Waals surface area contributed by atoms with Crippen LogP contribution in [0.15, 0.2) is 41.0 Å². The lowest BCUT2D eigenvalue weighted by Gasteiger charge is -2.32. The number of amides is 3. The van der Waals surface area contributed by atoms with E-state index in [2.05, 4.69) is 5.32 Å². The number of nitrogens with one attached hydrogen (secondary N) is 1. The Balaban J connectivity index is 1.48. The Bertz CT molecular complexity index is 893. The average Bonchev–Trinajstić information content (AvgIpc) is 3.24. The van der Waals surface area contributed by atoms with Gasteiger partial charge in [0.2, 0.25) is 11.8 Å². The van der Waals surface area contributed by atoms with Gasteiger partial charge in [0.25, 0.3) is 5.91 Å². The van der Waals surface area contributed by atoms with Crippen LogP contribution in [0.5, 0.6) is 0 Å². The Morgan fingerprint density at radius 1 is 1.17 bits per heavy atom. The summed E-state index contributed by atoms with van der Waals surface area (Å²) >= 11 is 11.8. The monoisotopic (exact) mass is 437 g/mol. The summed E-state index contributed by atoms with van der Waals surface area (Å²) in [5.41, 5.74) is 0.509. The van der Waals surface area contributed by atoms with E-state index in [-0.39, 0.29) is 30.2 Å². The van der Waals surface area contributed by atoms with Crippen molar-refractivity contribution in [3.63, 3.8) is 0 Å². The molecule has 9 heteroatoms. The van der Waals surface area contributed by atoms with Crippen LogP contribution in [0.4, 0.5) is 5.69 Å². The molecule has 1 aromatic heterocycles. The van der Waals surface area contributed by atoms with Gasteiger partial charge in [0, 0.05) is 31.7 Å². The molecule has 0 unspecified atom stereocenters. The molecule has 1 saturated heterocycles. The van der Waals surface area contributed by atoms with Gasteiger partial charge >= 0.3 is 0 Å². The third-order valence-electron chi connectivity index (χ3n) is 4.82. The standard InChI is InChI=1S/C20H21Cl2N3O4/c1-24(12-18(26)23-14-4-5-15(21)16(22)11-14)19(27)13-6-8-25(9-7-13)20(28)17-3-2-10-29-17/h2-5,10-11,13H,6-9,12H2,1H3,(H,23,26). The van der Waals surface area contributed by atoms with Crippen molar-refractivity contribution in [1.29, 1.82) is 0 Å². The molecule has 0 spiro atoms. The van der Waals surface area contributed by atoms with Crippen LogP contribution in [0.1, 0.15) is 23.4 Å². The number of likely N-dealkylation sites (tertiary alicyclic amines) is 1. The molecule has 3 rings (SSSR count). The molecular formula is C20H21Cl2N3O4. The molecule has 0 atom stereocenters. The van der Waals surface area contributed by atoms with Crippen LogP contribution in [0.25, 0.3) is 0 Å². The lowest BCUT2D eigenvalue weighted by molar-refractivity contribution is -0.138. The van der Waals surface area contributed by atoms with Crippen LogP contribution >= 0.6 is 23.2 Å². The topological polar surface area (TPSA) is 82.9 Å². The molecule has 2 heterocycles. The second kappa shape index (κ2) is 9.33. The number of carbonyl (C=O) groups excluding carboxylic acids is 3. The first kappa shape index (κ1) is 21.2. The van der Waals surface area contributed by atoms with Crippen molar-refractivity contribution in [2.24, 2.45) is 5.92 Å². The Hall–Kier alpha value is -2.51. The number of halogens is 2. The van der Waals surface area contributed by atoms with Gasteiger partial charge in [-0.1, -0.05) is 23.2 Å². The zero-order valence-corrected chi connectivity index (χ0v) is 17.4. The molecule has 3 amide bonds. The first-order valence-electron chi connectivity index (χ1n) is 9.18. The quantitative estimate of drug-likeness (QED) is 0.775. The van der Waals surface area contributed by atoms with Crippen LogP contribution in [0.2, 0.25) is 10.0 Å². The van der Waals surface area contributed by atoms with Crippen LogP contribution in [-0.2, 0) is 9.59 Å². The molecule has 0 saturated carbocycles. The van der Waals surface area contributed by atoms with Crippen molar-refractivity contribution >= 4 is 46.6 Å². The molecule has 154 valence electrons. The van der Waals surface area contributed by atoms with Gasteiger partial charge in [0.05, 0.1) is 22.9 Å². The maximum atomic E-state index is 12.7. The SMILES string of the molecule is CN(CC(=O)Nc1ccc(Cl)c(Cl)c1)C(=O)C1CCN(C(=O)c2ccco2)CC1. The number of piperidine rings is 1. The van der Waals surface area contributed by atoms with E-state index in [0.717, 1.165) is 0 Å². The van der Waals surface area contributed by atoms with Crippen LogP contribution < -0.4 is 5.32 Å². The molecule has 1 aliphatic rings. The minimum Gasteiger partial charge on any atom is -0.459 e. The van der Waals surface area contributed by atoms with Gasteiger partial charge in [0.15, 0.2) is 5.76 Å². The third kappa shape index (κ3) is 5.31. The summed E-state index contributed by atoms with van der Waals surface area (Å²) in [5.74, 6) is -0.538. The zero-order chi connectivity index (χ0) is 21.0. The Labute approximate surface area is 178 Å². The van der Waals surface area contributed by atoms with Crippen LogP contribution in [0, 0.1) is 5.92 Å². The molecule has 1 aromatic carbocycles. The van der Waals surface area contributed by atoms with E-state index >= 15 is 0 Å². The van der Waals surface area contributed by atoms with Crippen LogP contribution in [0.3, 0.4) is 0 Å². The second-order valence-corrected chi connectivity index (χ2v) is 7.73. The highest BCUT2D eigenvalue weighted by molar-refractivity contribution is 6.42. The Kier molecular flexibility index (Phi) is 6.82. The summed E-state index contributed by atoms with van der Waals surface area (Å²) < 4.78 is 5.14. The maximum Gasteiger partial charge on any atom is 0.289 e. The van der Waals surface area contributed by atoms with E-state index in [9.17, 15) is 14.4 Å². The van der Waals surface area contributed by atoms with Crippen molar-refractivity contribution < 1.29 is 18.8 Å². The highest BCUT2D eigenvalue weighted by atomic mass is 35.5. The van der Waals surface area contributed by atoms with Crippen molar-refractivity contribution in [3.05, 3.63) is 52.4 Å². The van der Waals surface area contributed by atoms with Crippen molar-refractivity contribution in [2.45, 2.75) is 12.8 Å². The second-order valence-electron chi connectivity index (χ2n) is 6.92. The minimum atomic E-state index is -0.329. The van der Waals surface area contributed by atoms with Gasteiger partial charge in [-0.05, 0) is 43.2 Å². The molecule has 0 aliphatic carbocycles. The van der Waals surface area contributed by atoms with E-state index in [4.69, 9.17) is 27.6 Å². The number of benzene rings is 1. The van der Waals surface area contributed by atoms with Gasteiger partial charge < -0.3 is 19.5 Å². The molecular weight excluding hydrogens is 417 g/mol. The highest BCUT2D eigenvalue weighted by Crippen LogP contribution is 2.25. The average molecular weight is 438 g/mol. The lowest BCUT2D eigenvalue weighted by Crippen LogP contribution is -2.45. The lowest BCUT2D eigenvalue weighted by atomic mass is 9.95. The Morgan fingerprint density at radius 2 is 1.90 bits per heavy atom. The van der Waals surface area contributed by atoms with Crippen LogP contribution in [-0.4, -0.2) is 54.2 Å². The molecule has 1 fully saturated rings. The first-order chi connectivity index (χ1) is 13.8. The summed E-state index contributed by atoms with van der Waals surface area (Å²) in [4.78, 5) is 40.3. The number of nitrogens with zero attached hydrogens (tertiary/aromatic N) is 2. The van der Waals surface area contributed by atoms with Gasteiger partial charge in [0.1, 0.15) is 0 Å². The number of hydrogen-bond acceptors (Lipinski definition) is 4. The maximum absolute atomic E-state index is 12.7. The fraction of sp³-hybridized carbons (Fsp3) is 0.350. The van der Waals surface area contributed by atoms with Gasteiger partial charge in [-0.25, -0.2) is 0 Å². The molecule has 1 aliphatic heterocycles. The van der Waals surface area contributed by atoms with Crippen molar-refractivity contribution in [3.8, 4) is 0 Å². The van der Waals surface area contributed by atoms with Crippen molar-refractivity contribution in [1.82, 2.24) is 9.80 Å². The Morgan fingerprint density at radius 3 is 2.52 bits per heavy atom. The zero-order valence-electron chi connectivity index (χ0n) is 15.9. The first-order valence-corrected chi connectivity index (χ1v) is 9.93. The van der Waals surface area contributed by atoms with E-state index in [1.807, 2.05) is 0 Å². The number of rotatable bonds is 5. The molecule has 0 bridgehead atoms. The predicted octanol–water partition coefficient (Wildman–Crippen LogP) is 3.54. The van der Waals surface area contributed by atoms with E-state index < -0.39 is 0 Å². The normalized spacial score (nSPS) is 14.5. The van der Waals surface area contributed by atoms with E-state index in [1.54, 1.807) is 42.3 Å². The summed E-state index contributed by atoms with van der Waals surface area (Å²) in [6.07, 6.45) is 2.55. The van der Waals surface area contributed by atoms with E-state index in [1.165, 1.54) is 11.2 Å². The predicted molar refractivity (Wildman–Crippen MR) is 110 cm³/mol. The fourth-order valence-corrected chi connectivity index (χ4v) is 3.56. The molecule has 1 N–H and O–H groups in total. The van der Waals surface area contributed by atoms with E-state index in [0.29, 0.717) is 47.4 Å². The fourth-order valence-electron chi connectivity index (χ4n) is 3.27. The largest absolute Gasteiger partial charge is 0.459 e. The van der Waals surface area contributed by atoms with Gasteiger partial charge in [-0.15, -0.1) is 0 Å². The summed E-state index contributed by atoms with van der Waals surface area (Å²) in [5, 5.41) is 3.43. The summed E-state index contributed by atoms with van der Waals surface area (Å²) in [6, 6.07) is 8.07. The molecule has 0 radical (unpaired) electrons. The molecule has 29 heavy (non-hydrogen) atoms.